The molecule has 0 aliphatic carbocycles. The van der Waals surface area contributed by atoms with E-state index in [1.54, 1.807) is 6.92 Å². The molecule has 0 fully saturated rings. The van der Waals surface area contributed by atoms with Gasteiger partial charge in [0.15, 0.2) is 0 Å². The molecule has 5 heteroatoms. The number of hydrazone groups is 1. The Morgan fingerprint density at radius 1 is 1.18 bits per heavy atom. The highest BCUT2D eigenvalue weighted by atomic mass is 15.6. The summed E-state index contributed by atoms with van der Waals surface area (Å²) in [6.07, 6.45) is 0.884. The average Bonchev–Trinajstić information content (AvgIpc) is 2.37. The van der Waals surface area contributed by atoms with Gasteiger partial charge in [0.1, 0.15) is 5.84 Å². The number of hydrogen-bond acceptors (Lipinski definition) is 4. The minimum Gasteiger partial charge on any atom is -0.386 e. The molecule has 5 nitrogen and oxygen atoms in total. The molecule has 22 heavy (non-hydrogen) atoms. The van der Waals surface area contributed by atoms with Crippen LogP contribution in [0.15, 0.2) is 29.4 Å². The van der Waals surface area contributed by atoms with Crippen LogP contribution < -0.4 is 11.6 Å². The summed E-state index contributed by atoms with van der Waals surface area (Å²) < 4.78 is 0. The van der Waals surface area contributed by atoms with Crippen LogP contribution in [-0.4, -0.2) is 36.5 Å². The molecule has 0 saturated heterocycles. The van der Waals surface area contributed by atoms with Crippen LogP contribution in [0.2, 0.25) is 0 Å². The Balaban J connectivity index is 3.02. The van der Waals surface area contributed by atoms with E-state index >= 15 is 0 Å². The first-order valence-electron chi connectivity index (χ1n) is 7.71. The molecule has 0 spiro atoms. The van der Waals surface area contributed by atoms with Gasteiger partial charge in [-0.1, -0.05) is 45.0 Å². The van der Waals surface area contributed by atoms with E-state index in [9.17, 15) is 0 Å². The van der Waals surface area contributed by atoms with Gasteiger partial charge in [0.05, 0.1) is 6.04 Å². The fourth-order valence-corrected chi connectivity index (χ4v) is 2.29. The van der Waals surface area contributed by atoms with Crippen molar-refractivity contribution in [1.82, 2.24) is 10.0 Å². The van der Waals surface area contributed by atoms with E-state index in [4.69, 9.17) is 11.6 Å². The molecular formula is C17H31N5. The van der Waals surface area contributed by atoms with Crippen LogP contribution in [0, 0.1) is 0 Å². The Morgan fingerprint density at radius 3 is 2.14 bits per heavy atom. The first kappa shape index (κ1) is 18.5. The Kier molecular flexibility index (Phi) is 6.38. The van der Waals surface area contributed by atoms with Gasteiger partial charge in [-0.25, -0.2) is 11.0 Å². The van der Waals surface area contributed by atoms with Crippen LogP contribution in [0.1, 0.15) is 51.3 Å². The van der Waals surface area contributed by atoms with Crippen molar-refractivity contribution < 1.29 is 0 Å². The van der Waals surface area contributed by atoms with Gasteiger partial charge in [-0.2, -0.15) is 0 Å². The number of rotatable bonds is 6. The summed E-state index contributed by atoms with van der Waals surface area (Å²) in [5.41, 5.74) is 8.27. The molecule has 0 amide bonds. The van der Waals surface area contributed by atoms with Gasteiger partial charge in [-0.05, 0) is 50.5 Å². The normalized spacial score (nSPS) is 14.3. The summed E-state index contributed by atoms with van der Waals surface area (Å²) in [4.78, 5) is 2.14. The lowest BCUT2D eigenvalue weighted by Crippen LogP contribution is -2.34. The van der Waals surface area contributed by atoms with Gasteiger partial charge in [0, 0.05) is 0 Å². The molecule has 0 heterocycles. The second-order valence-electron chi connectivity index (χ2n) is 7.10. The fraction of sp³-hybridized carbons (Fsp3) is 0.588. The lowest BCUT2D eigenvalue weighted by Gasteiger charge is -2.27. The van der Waals surface area contributed by atoms with Crippen LogP contribution in [0.3, 0.4) is 0 Å². The second-order valence-corrected chi connectivity index (χ2v) is 7.10. The van der Waals surface area contributed by atoms with E-state index in [-0.39, 0.29) is 11.5 Å². The predicted octanol–water partition coefficient (Wildman–Crippen LogP) is 2.44. The zero-order chi connectivity index (χ0) is 16.9. The highest BCUT2D eigenvalue weighted by Crippen LogP contribution is 2.27. The van der Waals surface area contributed by atoms with Crippen molar-refractivity contribution in [3.05, 3.63) is 35.4 Å². The van der Waals surface area contributed by atoms with E-state index in [0.717, 1.165) is 18.5 Å². The Hall–Kier alpha value is -1.59. The van der Waals surface area contributed by atoms with Gasteiger partial charge in [0.2, 0.25) is 0 Å². The van der Waals surface area contributed by atoms with Crippen LogP contribution in [0.5, 0.6) is 0 Å². The summed E-state index contributed by atoms with van der Waals surface area (Å²) >= 11 is 0. The number of hydrogen-bond donors (Lipinski definition) is 2. The first-order valence-corrected chi connectivity index (χ1v) is 7.71. The summed E-state index contributed by atoms with van der Waals surface area (Å²) in [6, 6.07) is 8.63. The quantitative estimate of drug-likeness (QED) is 0.366. The highest BCUT2D eigenvalue weighted by molar-refractivity contribution is 5.77. The number of hydrazine groups is 1. The van der Waals surface area contributed by atoms with Crippen molar-refractivity contribution in [3.8, 4) is 0 Å². The van der Waals surface area contributed by atoms with Gasteiger partial charge >= 0.3 is 0 Å². The maximum absolute atomic E-state index is 6.11. The molecule has 0 aliphatic rings. The second kappa shape index (κ2) is 7.61. The molecule has 1 aromatic rings. The molecule has 1 rings (SSSR count). The summed E-state index contributed by atoms with van der Waals surface area (Å²) in [5.74, 6) is 6.57. The lowest BCUT2D eigenvalue weighted by molar-refractivity contribution is 0.186. The van der Waals surface area contributed by atoms with E-state index < -0.39 is 0 Å². The topological polar surface area (TPSA) is 70.9 Å². The first-order chi connectivity index (χ1) is 10.1. The number of nitrogens with two attached hydrogens (primary N) is 2. The third kappa shape index (κ3) is 5.66. The van der Waals surface area contributed by atoms with Gasteiger partial charge in [-0.3, -0.25) is 0 Å². The van der Waals surface area contributed by atoms with Gasteiger partial charge < -0.3 is 10.6 Å². The Bertz CT molecular complexity index is 481. The summed E-state index contributed by atoms with van der Waals surface area (Å²) in [7, 11) is 4.11. The van der Waals surface area contributed by atoms with Crippen molar-refractivity contribution in [3.63, 3.8) is 0 Å². The molecule has 1 aromatic carbocycles. The molecule has 1 atom stereocenters. The van der Waals surface area contributed by atoms with Crippen molar-refractivity contribution >= 4 is 5.84 Å². The molecule has 0 radical (unpaired) electrons. The monoisotopic (exact) mass is 305 g/mol. The number of nitrogens with zero attached hydrogens (tertiary/aromatic N) is 3. The van der Waals surface area contributed by atoms with E-state index in [1.165, 1.54) is 10.7 Å². The summed E-state index contributed by atoms with van der Waals surface area (Å²) in [5, 5.41) is 5.67. The minimum absolute atomic E-state index is 0.00918. The van der Waals surface area contributed by atoms with Crippen LogP contribution in [0.25, 0.3) is 0 Å². The molecular weight excluding hydrogens is 274 g/mol. The van der Waals surface area contributed by atoms with Gasteiger partial charge in [0.25, 0.3) is 0 Å². The van der Waals surface area contributed by atoms with E-state index in [2.05, 4.69) is 69.1 Å². The maximum Gasteiger partial charge on any atom is 0.118 e. The zero-order valence-corrected chi connectivity index (χ0v) is 14.8. The summed E-state index contributed by atoms with van der Waals surface area (Å²) in [6.45, 7) is 9.30. The fourth-order valence-electron chi connectivity index (χ4n) is 2.29. The molecule has 4 N–H and O–H groups in total. The van der Waals surface area contributed by atoms with Crippen molar-refractivity contribution in [2.75, 3.05) is 20.6 Å². The van der Waals surface area contributed by atoms with Crippen molar-refractivity contribution in [1.29, 1.82) is 0 Å². The predicted molar refractivity (Wildman–Crippen MR) is 94.4 cm³/mol. The highest BCUT2D eigenvalue weighted by Gasteiger charge is 2.19. The maximum atomic E-state index is 6.11. The van der Waals surface area contributed by atoms with Crippen molar-refractivity contribution in [2.24, 2.45) is 16.7 Å². The average molecular weight is 305 g/mol. The van der Waals surface area contributed by atoms with E-state index in [1.807, 2.05) is 0 Å². The molecule has 0 aliphatic heterocycles. The van der Waals surface area contributed by atoms with Crippen LogP contribution >= 0.6 is 0 Å². The standard InChI is InChI=1S/C17H31N5/c1-13(18)20-22(19)16(11-12-21(5)6)14-7-9-15(10-8-14)17(2,3)4/h7-10,16H,11-12,19H2,1-6H3,(H2,18,20). The molecule has 0 aromatic heterocycles. The third-order valence-corrected chi connectivity index (χ3v) is 3.60. The van der Waals surface area contributed by atoms with E-state index in [0.29, 0.717) is 5.84 Å². The largest absolute Gasteiger partial charge is 0.386 e. The molecule has 1 unspecified atom stereocenters. The third-order valence-electron chi connectivity index (χ3n) is 3.60. The van der Waals surface area contributed by atoms with Gasteiger partial charge in [-0.15, -0.1) is 5.10 Å². The minimum atomic E-state index is 0.00918. The SMILES string of the molecule is C/C(N)=N/N(N)C(CCN(C)C)c1ccc(C(C)(C)C)cc1. The molecule has 124 valence electrons. The Morgan fingerprint density at radius 2 is 1.73 bits per heavy atom. The zero-order valence-electron chi connectivity index (χ0n) is 14.8. The number of benzene rings is 1. The number of amidine groups is 1. The lowest BCUT2D eigenvalue weighted by atomic mass is 9.86. The Labute approximate surface area is 134 Å². The molecule has 0 bridgehead atoms. The van der Waals surface area contributed by atoms with Crippen molar-refractivity contribution in [2.45, 2.75) is 45.6 Å². The smallest absolute Gasteiger partial charge is 0.118 e. The van der Waals surface area contributed by atoms with Crippen LogP contribution in [0.4, 0.5) is 0 Å². The van der Waals surface area contributed by atoms with Crippen LogP contribution in [-0.2, 0) is 5.41 Å². The molecule has 0 saturated carbocycles.